The molecule has 4 rings (SSSR count). The molecule has 1 aliphatic carbocycles. The number of rotatable bonds is 6. The van der Waals surface area contributed by atoms with Crippen molar-refractivity contribution in [1.29, 1.82) is 0 Å². The standard InChI is InChI=1S/C25H25F2NO4/c1-32-25(31)21-14-28(13-20(21)19-8-7-18(26)12-22(19)27)24(30)10-9-23(29)17-6-5-15-3-2-4-16(15)11-17/h5-8,11-12,20-21H,2-4,9-10,13-14H2,1H3/t20-,21+/m1/s1. The Morgan fingerprint density at radius 1 is 1.00 bits per heavy atom. The molecule has 168 valence electrons. The molecule has 2 aromatic carbocycles. The molecule has 32 heavy (non-hydrogen) atoms. The van der Waals surface area contributed by atoms with Crippen LogP contribution >= 0.6 is 0 Å². The quantitative estimate of drug-likeness (QED) is 0.505. The number of carbonyl (C=O) groups is 3. The lowest BCUT2D eigenvalue weighted by Crippen LogP contribution is -2.30. The van der Waals surface area contributed by atoms with Gasteiger partial charge in [0.05, 0.1) is 13.0 Å². The van der Waals surface area contributed by atoms with Crippen LogP contribution in [0.25, 0.3) is 0 Å². The van der Waals surface area contributed by atoms with Crippen molar-refractivity contribution in [3.05, 3.63) is 70.3 Å². The Morgan fingerprint density at radius 3 is 2.53 bits per heavy atom. The lowest BCUT2D eigenvalue weighted by molar-refractivity contribution is -0.145. The van der Waals surface area contributed by atoms with Gasteiger partial charge in [-0.25, -0.2) is 8.78 Å². The number of Topliss-reactive ketones (excluding diaryl/α,β-unsaturated/α-hetero) is 1. The maximum absolute atomic E-state index is 14.4. The first kappa shape index (κ1) is 22.1. The third kappa shape index (κ3) is 4.42. The van der Waals surface area contributed by atoms with Crippen LogP contribution in [0.2, 0.25) is 0 Å². The Balaban J connectivity index is 1.43. The van der Waals surface area contributed by atoms with E-state index in [1.807, 2.05) is 18.2 Å². The molecule has 1 saturated heterocycles. The SMILES string of the molecule is COC(=O)[C@H]1CN(C(=O)CCC(=O)c2ccc3c(c2)CCC3)C[C@@H]1c1ccc(F)cc1F. The Labute approximate surface area is 185 Å². The molecule has 1 fully saturated rings. The van der Waals surface area contributed by atoms with Gasteiger partial charge in [0.15, 0.2) is 5.78 Å². The smallest absolute Gasteiger partial charge is 0.311 e. The van der Waals surface area contributed by atoms with E-state index in [9.17, 15) is 23.2 Å². The zero-order valence-corrected chi connectivity index (χ0v) is 17.9. The van der Waals surface area contributed by atoms with Crippen LogP contribution in [-0.2, 0) is 27.2 Å². The number of likely N-dealkylation sites (tertiary alicyclic amines) is 1. The second-order valence-corrected chi connectivity index (χ2v) is 8.46. The van der Waals surface area contributed by atoms with Crippen molar-refractivity contribution >= 4 is 17.7 Å². The molecule has 7 heteroatoms. The maximum atomic E-state index is 14.4. The van der Waals surface area contributed by atoms with E-state index in [0.29, 0.717) is 5.56 Å². The number of fused-ring (bicyclic) bond motifs is 1. The Kier molecular flexibility index (Phi) is 6.35. The summed E-state index contributed by atoms with van der Waals surface area (Å²) in [5.74, 6) is -3.79. The number of methoxy groups -OCH3 is 1. The van der Waals surface area contributed by atoms with Gasteiger partial charge in [0.1, 0.15) is 11.6 Å². The number of amides is 1. The van der Waals surface area contributed by atoms with Crippen molar-refractivity contribution in [3.63, 3.8) is 0 Å². The number of ketones is 1. The highest BCUT2D eigenvalue weighted by molar-refractivity contribution is 5.98. The first-order valence-corrected chi connectivity index (χ1v) is 10.8. The highest BCUT2D eigenvalue weighted by Crippen LogP contribution is 2.35. The Hall–Kier alpha value is -3.09. The number of hydrogen-bond acceptors (Lipinski definition) is 4. The average Bonchev–Trinajstić information content (AvgIpc) is 3.43. The first-order valence-electron chi connectivity index (χ1n) is 10.8. The van der Waals surface area contributed by atoms with E-state index in [4.69, 9.17) is 4.74 Å². The van der Waals surface area contributed by atoms with Crippen molar-refractivity contribution in [3.8, 4) is 0 Å². The minimum atomic E-state index is -0.759. The van der Waals surface area contributed by atoms with Crippen LogP contribution in [0.5, 0.6) is 0 Å². The molecule has 2 aliphatic rings. The summed E-state index contributed by atoms with van der Waals surface area (Å²) in [5, 5.41) is 0. The summed E-state index contributed by atoms with van der Waals surface area (Å²) in [6.07, 6.45) is 3.17. The molecule has 2 atom stereocenters. The van der Waals surface area contributed by atoms with E-state index >= 15 is 0 Å². The molecular formula is C25H25F2NO4. The van der Waals surface area contributed by atoms with Crippen LogP contribution in [0.1, 0.15) is 52.2 Å². The highest BCUT2D eigenvalue weighted by atomic mass is 19.1. The lowest BCUT2D eigenvalue weighted by atomic mass is 9.88. The van der Waals surface area contributed by atoms with Crippen molar-refractivity contribution in [2.45, 2.75) is 38.0 Å². The summed E-state index contributed by atoms with van der Waals surface area (Å²) >= 11 is 0. The summed E-state index contributed by atoms with van der Waals surface area (Å²) in [7, 11) is 1.24. The molecule has 0 saturated carbocycles. The third-order valence-electron chi connectivity index (χ3n) is 6.52. The fraction of sp³-hybridized carbons (Fsp3) is 0.400. The lowest BCUT2D eigenvalue weighted by Gasteiger charge is -2.17. The van der Waals surface area contributed by atoms with Crippen molar-refractivity contribution in [2.24, 2.45) is 5.92 Å². The van der Waals surface area contributed by atoms with Crippen LogP contribution < -0.4 is 0 Å². The average molecular weight is 441 g/mol. The van der Waals surface area contributed by atoms with Gasteiger partial charge in [-0.15, -0.1) is 0 Å². The van der Waals surface area contributed by atoms with Crippen molar-refractivity contribution < 1.29 is 27.9 Å². The van der Waals surface area contributed by atoms with E-state index in [0.717, 1.165) is 31.4 Å². The van der Waals surface area contributed by atoms with Gasteiger partial charge in [-0.3, -0.25) is 14.4 Å². The van der Waals surface area contributed by atoms with Crippen LogP contribution in [0.3, 0.4) is 0 Å². The number of ether oxygens (including phenoxy) is 1. The minimum Gasteiger partial charge on any atom is -0.469 e. The molecule has 0 spiro atoms. The van der Waals surface area contributed by atoms with Gasteiger partial charge in [-0.1, -0.05) is 18.2 Å². The van der Waals surface area contributed by atoms with E-state index in [2.05, 4.69) is 0 Å². The third-order valence-corrected chi connectivity index (χ3v) is 6.52. The molecule has 0 bridgehead atoms. The van der Waals surface area contributed by atoms with Crippen LogP contribution in [0.15, 0.2) is 36.4 Å². The molecule has 1 amide bonds. The monoisotopic (exact) mass is 441 g/mol. The molecule has 2 aromatic rings. The number of hydrogen-bond donors (Lipinski definition) is 0. The fourth-order valence-corrected chi connectivity index (χ4v) is 4.78. The van der Waals surface area contributed by atoms with Gasteiger partial charge < -0.3 is 9.64 Å². The van der Waals surface area contributed by atoms with E-state index in [1.54, 1.807) is 0 Å². The first-order chi connectivity index (χ1) is 15.4. The molecule has 0 aromatic heterocycles. The fourth-order valence-electron chi connectivity index (χ4n) is 4.78. The van der Waals surface area contributed by atoms with Gasteiger partial charge in [0.25, 0.3) is 0 Å². The number of aryl methyl sites for hydroxylation is 2. The minimum absolute atomic E-state index is 0.00241. The van der Waals surface area contributed by atoms with Crippen molar-refractivity contribution in [1.82, 2.24) is 4.90 Å². The second kappa shape index (κ2) is 9.18. The van der Waals surface area contributed by atoms with Gasteiger partial charge in [0, 0.05) is 43.5 Å². The molecule has 0 radical (unpaired) electrons. The van der Waals surface area contributed by atoms with Crippen LogP contribution in [-0.4, -0.2) is 42.8 Å². The van der Waals surface area contributed by atoms with Crippen LogP contribution in [0.4, 0.5) is 8.78 Å². The number of nitrogens with zero attached hydrogens (tertiary/aromatic N) is 1. The summed E-state index contributed by atoms with van der Waals surface area (Å²) in [5.41, 5.74) is 3.26. The zero-order chi connectivity index (χ0) is 22.8. The van der Waals surface area contributed by atoms with Crippen molar-refractivity contribution in [2.75, 3.05) is 20.2 Å². The highest BCUT2D eigenvalue weighted by Gasteiger charge is 2.42. The number of halogens is 2. The number of carbonyl (C=O) groups excluding carboxylic acids is 3. The van der Waals surface area contributed by atoms with Gasteiger partial charge in [0.2, 0.25) is 5.91 Å². The van der Waals surface area contributed by atoms with Gasteiger partial charge in [-0.2, -0.15) is 0 Å². The summed E-state index contributed by atoms with van der Waals surface area (Å²) in [6, 6.07) is 8.92. The molecular weight excluding hydrogens is 416 g/mol. The molecule has 0 unspecified atom stereocenters. The largest absolute Gasteiger partial charge is 0.469 e. The Bertz CT molecular complexity index is 1070. The number of esters is 1. The van der Waals surface area contributed by atoms with E-state index in [-0.39, 0.29) is 43.2 Å². The van der Waals surface area contributed by atoms with E-state index < -0.39 is 29.4 Å². The number of benzene rings is 2. The topological polar surface area (TPSA) is 63.7 Å². The summed E-state index contributed by atoms with van der Waals surface area (Å²) in [6.45, 7) is 0.175. The predicted molar refractivity (Wildman–Crippen MR) is 113 cm³/mol. The Morgan fingerprint density at radius 2 is 1.78 bits per heavy atom. The second-order valence-electron chi connectivity index (χ2n) is 8.46. The molecule has 1 heterocycles. The van der Waals surface area contributed by atoms with Gasteiger partial charge >= 0.3 is 5.97 Å². The molecule has 5 nitrogen and oxygen atoms in total. The predicted octanol–water partition coefficient (Wildman–Crippen LogP) is 3.83. The normalized spacial score (nSPS) is 19.7. The maximum Gasteiger partial charge on any atom is 0.311 e. The molecule has 1 aliphatic heterocycles. The molecule has 0 N–H and O–H groups in total. The zero-order valence-electron chi connectivity index (χ0n) is 17.9. The summed E-state index contributed by atoms with van der Waals surface area (Å²) in [4.78, 5) is 39.2. The van der Waals surface area contributed by atoms with Gasteiger partial charge in [-0.05, 0) is 48.1 Å². The summed E-state index contributed by atoms with van der Waals surface area (Å²) < 4.78 is 32.5. The van der Waals surface area contributed by atoms with Crippen LogP contribution in [0, 0.1) is 17.6 Å². The van der Waals surface area contributed by atoms with E-state index in [1.165, 1.54) is 29.2 Å².